The van der Waals surface area contributed by atoms with Crippen molar-refractivity contribution in [1.29, 1.82) is 0 Å². The van der Waals surface area contributed by atoms with Crippen LogP contribution < -0.4 is 47.8 Å². The number of alkyl halides is 4. The number of hydrogen-bond donors (Lipinski definition) is 5. The second-order valence-electron chi connectivity index (χ2n) is 32.4. The molecule has 6 aliphatic heterocycles. The number of carbonyl (C=O) groups excluding carboxylic acids is 6. The van der Waals surface area contributed by atoms with Gasteiger partial charge in [-0.15, -0.1) is 0 Å². The average molecular weight is 1630 g/mol. The van der Waals surface area contributed by atoms with E-state index in [-0.39, 0.29) is 108 Å². The van der Waals surface area contributed by atoms with Crippen LogP contribution in [0.3, 0.4) is 0 Å². The molecule has 6 amide bonds. The molecule has 2 aromatic carbocycles. The molecule has 6 saturated heterocycles. The zero-order valence-corrected chi connectivity index (χ0v) is 66.1. The molecule has 622 valence electrons. The van der Waals surface area contributed by atoms with E-state index < -0.39 is 60.0 Å². The van der Waals surface area contributed by atoms with E-state index in [0.717, 1.165) is 139 Å². The third-order valence-electron chi connectivity index (χ3n) is 24.6. The molecule has 18 rings (SSSR count). The number of nitrogens with one attached hydrogen (secondary N) is 5. The summed E-state index contributed by atoms with van der Waals surface area (Å²) in [6.45, 7) is 6.18. The Morgan fingerprint density at radius 1 is 0.580 bits per heavy atom. The summed E-state index contributed by atoms with van der Waals surface area (Å²) in [5.41, 5.74) is 3.63. The van der Waals surface area contributed by atoms with Crippen LogP contribution in [0.1, 0.15) is 196 Å². The van der Waals surface area contributed by atoms with Crippen LogP contribution in [0.15, 0.2) is 95.3 Å². The molecule has 8 fully saturated rings. The number of fused-ring (bicyclic) bond motifs is 8. The zero-order chi connectivity index (χ0) is 82.4. The van der Waals surface area contributed by atoms with Gasteiger partial charge in [0.05, 0.1) is 95.4 Å². The molecular weight excluding hydrogens is 1540 g/mol. The maximum absolute atomic E-state index is 14.2. The van der Waals surface area contributed by atoms with Crippen molar-refractivity contribution in [1.82, 2.24) is 87.9 Å². The van der Waals surface area contributed by atoms with Crippen LogP contribution in [0.2, 0.25) is 0 Å². The SMILES string of the molecule is CN(CCCC#Cc1ccc2c(c1)n(C)c(=O)n2C1CCC(=O)NC1=O)CC1CCC(n2cc(NC(=O)c3cnn4ccc(N5C[C@H]6C[C@@H]5CO6)nc34)c(C(F)F)n2)CC1.Cn1c(=O)n(C2CCC(=O)NC2=O)c2ccc(C#CCCCNCC3CCC(n4cc(NC(=O)c5cnn6ccc(N7C[C@H]8C[C@@H]7CO8)nc56)c(C(F)F)n4)CC3)cc21. The van der Waals surface area contributed by atoms with Crippen molar-refractivity contribution >= 4 is 91.8 Å². The third-order valence-corrected chi connectivity index (χ3v) is 24.6. The topological polar surface area (TPSA) is 341 Å². The lowest BCUT2D eigenvalue weighted by Crippen LogP contribution is -2.44. The summed E-state index contributed by atoms with van der Waals surface area (Å²) in [5.74, 6) is 12.5. The number of hydrogen-bond acceptors (Lipinski definition) is 20. The van der Waals surface area contributed by atoms with Crippen molar-refractivity contribution in [3.05, 3.63) is 140 Å². The van der Waals surface area contributed by atoms with E-state index in [2.05, 4.69) is 92.4 Å². The van der Waals surface area contributed by atoms with Crippen molar-refractivity contribution < 1.29 is 55.8 Å². The number of nitrogens with zero attached hydrogens (tertiary/aromatic N) is 17. The first-order valence-corrected chi connectivity index (χ1v) is 40.9. The van der Waals surface area contributed by atoms with Gasteiger partial charge in [-0.25, -0.2) is 46.1 Å². The number of carbonyl (C=O) groups is 6. The highest BCUT2D eigenvalue weighted by Gasteiger charge is 2.42. The molecule has 36 heteroatoms. The van der Waals surface area contributed by atoms with Gasteiger partial charge in [0.2, 0.25) is 23.6 Å². The molecular formula is C83H92F4N22O10. The van der Waals surface area contributed by atoms with E-state index in [1.165, 1.54) is 52.1 Å². The highest BCUT2D eigenvalue weighted by Crippen LogP contribution is 2.40. The number of aryl methyl sites for hydroxylation is 2. The Hall–Kier alpha value is -11.9. The lowest BCUT2D eigenvalue weighted by molar-refractivity contribution is -0.137. The Bertz CT molecular complexity index is 5860. The first-order valence-electron chi connectivity index (χ1n) is 40.9. The summed E-state index contributed by atoms with van der Waals surface area (Å²) < 4.78 is 80.4. The quantitative estimate of drug-likeness (QED) is 0.0185. The summed E-state index contributed by atoms with van der Waals surface area (Å²) >= 11 is 0. The number of amides is 6. The summed E-state index contributed by atoms with van der Waals surface area (Å²) in [5, 5.41) is 30.6. The zero-order valence-electron chi connectivity index (χ0n) is 66.1. The first-order chi connectivity index (χ1) is 57.6. The van der Waals surface area contributed by atoms with E-state index in [9.17, 15) is 55.9 Å². The number of imide groups is 2. The van der Waals surface area contributed by atoms with Gasteiger partial charge < -0.3 is 40.1 Å². The Kier molecular flexibility index (Phi) is 22.7. The number of piperidine rings is 2. The first kappa shape index (κ1) is 79.6. The normalized spacial score (nSPS) is 22.9. The van der Waals surface area contributed by atoms with Crippen molar-refractivity contribution in [2.24, 2.45) is 25.9 Å². The molecule has 32 nitrogen and oxygen atoms in total. The van der Waals surface area contributed by atoms with Crippen molar-refractivity contribution in [2.45, 2.75) is 177 Å². The number of anilines is 4. The Labute approximate surface area is 679 Å². The van der Waals surface area contributed by atoms with Crippen LogP contribution in [-0.2, 0) is 42.7 Å². The molecule has 0 spiro atoms. The van der Waals surface area contributed by atoms with E-state index in [0.29, 0.717) is 71.3 Å². The molecule has 2 aliphatic carbocycles. The smallest absolute Gasteiger partial charge is 0.329 e. The average Bonchev–Trinajstić information content (AvgIpc) is 1.63. The number of rotatable bonds is 22. The number of ether oxygens (including phenoxy) is 2. The second-order valence-corrected chi connectivity index (χ2v) is 32.4. The van der Waals surface area contributed by atoms with Gasteiger partial charge in [0.15, 0.2) is 22.7 Å². The van der Waals surface area contributed by atoms with E-state index >= 15 is 0 Å². The summed E-state index contributed by atoms with van der Waals surface area (Å²) in [4.78, 5) is 117. The summed E-state index contributed by atoms with van der Waals surface area (Å²) in [6.07, 6.45) is 16.7. The van der Waals surface area contributed by atoms with Crippen LogP contribution in [-0.4, -0.2) is 191 Å². The monoisotopic (exact) mass is 1630 g/mol. The Morgan fingerprint density at radius 2 is 1.04 bits per heavy atom. The fraction of sp³-hybridized carbons (Fsp3) is 0.494. The Morgan fingerprint density at radius 3 is 1.48 bits per heavy atom. The van der Waals surface area contributed by atoms with Crippen molar-refractivity contribution in [2.75, 3.05) is 80.0 Å². The summed E-state index contributed by atoms with van der Waals surface area (Å²) in [6, 6.07) is 13.6. The largest absolute Gasteiger partial charge is 0.374 e. The molecule has 6 atom stereocenters. The number of unbranched alkanes of at least 4 members (excludes halogenated alkanes) is 2. The number of imidazole rings is 2. The fourth-order valence-electron chi connectivity index (χ4n) is 18.3. The standard InChI is InChI=1S/C42H47F2N11O5.C41H45F2N11O5/c1-50(16-5-3-4-6-25-9-12-32-34(18-25)51(2)42(59)55(32)33-13-14-36(56)48-41(33)58)21-26-7-10-27(11-8-26)54-23-31(37(49-54)38(43)44)46-40(57)30-20-45-53-17-15-35(47-39(30)53)52-22-29-19-28(52)24-60-29;1-50-33-17-24(8-11-31(33)54(41(50)58)32-12-13-35(55)48-40(32)57)5-3-2-4-15-44-19-25-6-9-26(10-7-25)53-22-30(36(49-53)37(42)43)46-39(56)29-20-45-52-16-14-34(47-38(29)52)51-21-28-18-27(51)23-59-28/h9,12,15,17-18,20,23,26-29,33,38H,3,5,7-8,10-11,13-14,16,19,21-22,24H2,1-2H3,(H,46,57)(H,48,56,58);8,11,14,16-17,20,22,25-28,32,37,44H,2,4,6-7,9-10,12-13,15,18-19,21,23H2,1H3,(H,46,56)(H,48,55,57)/t26?,27?,28-,29-,33?;25?,26?,27-,28-,32?/m11/s1. The number of morpholine rings is 2. The van der Waals surface area contributed by atoms with E-state index in [1.807, 2.05) is 36.4 Å². The lowest BCUT2D eigenvalue weighted by atomic mass is 9.86. The van der Waals surface area contributed by atoms with Crippen LogP contribution in [0.25, 0.3) is 33.4 Å². The van der Waals surface area contributed by atoms with E-state index in [1.54, 1.807) is 48.0 Å². The van der Waals surface area contributed by atoms with Crippen LogP contribution in [0, 0.1) is 35.5 Å². The van der Waals surface area contributed by atoms with Crippen LogP contribution >= 0.6 is 0 Å². The lowest BCUT2D eigenvalue weighted by Gasteiger charge is -2.31. The van der Waals surface area contributed by atoms with Crippen molar-refractivity contribution in [3.8, 4) is 23.7 Å². The molecule has 119 heavy (non-hydrogen) atoms. The molecule has 0 radical (unpaired) electrons. The highest BCUT2D eigenvalue weighted by atomic mass is 19.3. The van der Waals surface area contributed by atoms with Crippen LogP contribution in [0.4, 0.5) is 40.6 Å². The molecule has 2 saturated carbocycles. The van der Waals surface area contributed by atoms with E-state index in [4.69, 9.17) is 19.4 Å². The highest BCUT2D eigenvalue weighted by molar-refractivity contribution is 6.09. The predicted molar refractivity (Wildman–Crippen MR) is 429 cm³/mol. The number of aromatic nitrogens is 14. The van der Waals surface area contributed by atoms with Gasteiger partial charge in [-0.2, -0.15) is 20.4 Å². The van der Waals surface area contributed by atoms with Gasteiger partial charge in [-0.3, -0.25) is 67.0 Å². The molecule has 8 aliphatic rings. The minimum atomic E-state index is -2.86. The molecule has 4 bridgehead atoms. The van der Waals surface area contributed by atoms with Gasteiger partial charge in [0.25, 0.3) is 24.7 Å². The summed E-state index contributed by atoms with van der Waals surface area (Å²) in [7, 11) is 5.43. The van der Waals surface area contributed by atoms with Crippen molar-refractivity contribution in [3.63, 3.8) is 0 Å². The van der Waals surface area contributed by atoms with Gasteiger partial charge in [-0.1, -0.05) is 23.7 Å². The second kappa shape index (κ2) is 33.9. The fourth-order valence-corrected chi connectivity index (χ4v) is 18.3. The van der Waals surface area contributed by atoms with Gasteiger partial charge >= 0.3 is 11.4 Å². The van der Waals surface area contributed by atoms with Crippen LogP contribution in [0.5, 0.6) is 0 Å². The number of halogens is 4. The number of benzene rings is 2. The molecule has 14 heterocycles. The maximum Gasteiger partial charge on any atom is 0.329 e. The van der Waals surface area contributed by atoms with Gasteiger partial charge in [0, 0.05) is 95.3 Å². The minimum Gasteiger partial charge on any atom is -0.374 e. The maximum atomic E-state index is 14.2. The predicted octanol–water partition coefficient (Wildman–Crippen LogP) is 8.10. The molecule has 5 N–H and O–H groups in total. The third kappa shape index (κ3) is 16.5. The molecule has 8 aromatic heterocycles. The Balaban J connectivity index is 0.000000170. The molecule has 10 aromatic rings. The molecule has 2 unspecified atom stereocenters. The minimum absolute atomic E-state index is 0.0144. The van der Waals surface area contributed by atoms with Gasteiger partial charge in [-0.05, 0) is 177 Å². The van der Waals surface area contributed by atoms with Gasteiger partial charge in [0.1, 0.15) is 34.8 Å².